The fourth-order valence-electron chi connectivity index (χ4n) is 5.05. The average molecular weight is 421 g/mol. The van der Waals surface area contributed by atoms with Crippen molar-refractivity contribution >= 4 is 12.3 Å². The van der Waals surface area contributed by atoms with Crippen LogP contribution in [0.5, 0.6) is 0 Å². The molecule has 2 saturated heterocycles. The fraction of sp³-hybridized carbons (Fsp3) is 0.391. The van der Waals surface area contributed by atoms with E-state index in [0.717, 1.165) is 45.0 Å². The molecule has 2 N–H and O–H groups in total. The van der Waals surface area contributed by atoms with Crippen molar-refractivity contribution in [3.8, 4) is 0 Å². The van der Waals surface area contributed by atoms with Crippen molar-refractivity contribution in [2.75, 3.05) is 31.1 Å². The fourth-order valence-corrected chi connectivity index (χ4v) is 5.05. The lowest BCUT2D eigenvalue weighted by atomic mass is 9.76. The van der Waals surface area contributed by atoms with Gasteiger partial charge in [0.1, 0.15) is 5.82 Å². The number of nitrogens with zero attached hydrogens (tertiary/aromatic N) is 5. The molecule has 4 heterocycles. The molecule has 0 radical (unpaired) electrons. The maximum atomic E-state index is 8.36. The van der Waals surface area contributed by atoms with Crippen LogP contribution in [0.2, 0.25) is 0 Å². The van der Waals surface area contributed by atoms with Crippen LogP contribution in [0.4, 0.5) is 5.82 Å². The van der Waals surface area contributed by atoms with Crippen molar-refractivity contribution in [2.45, 2.75) is 19.4 Å². The van der Waals surface area contributed by atoms with Gasteiger partial charge in [-0.15, -0.1) is 0 Å². The summed E-state index contributed by atoms with van der Waals surface area (Å²) in [7, 11) is 0. The molecule has 2 unspecified atom stereocenters. The van der Waals surface area contributed by atoms with E-state index in [-0.39, 0.29) is 6.47 Å². The number of anilines is 1. The molecule has 2 aliphatic heterocycles. The second-order valence-corrected chi connectivity index (χ2v) is 8.35. The smallest absolute Gasteiger partial charge is 0.290 e. The zero-order chi connectivity index (χ0) is 21.5. The van der Waals surface area contributed by atoms with Crippen molar-refractivity contribution in [3.63, 3.8) is 0 Å². The number of aromatic amines is 1. The van der Waals surface area contributed by atoms with Crippen molar-refractivity contribution in [1.82, 2.24) is 25.1 Å². The molecule has 3 aromatic rings. The number of H-pyrrole nitrogens is 1. The third-order valence-corrected chi connectivity index (χ3v) is 6.41. The first kappa shape index (κ1) is 21.0. The first-order chi connectivity index (χ1) is 15.2. The van der Waals surface area contributed by atoms with Crippen LogP contribution in [0.15, 0.2) is 61.2 Å². The number of aromatic nitrogens is 4. The number of fused-ring (bicyclic) bond motifs is 1. The molecule has 2 aromatic heterocycles. The first-order valence-electron chi connectivity index (χ1n) is 10.6. The molecule has 2 fully saturated rings. The molecule has 0 saturated carbocycles. The van der Waals surface area contributed by atoms with Crippen LogP contribution in [-0.4, -0.2) is 62.8 Å². The van der Waals surface area contributed by atoms with E-state index in [0.29, 0.717) is 11.3 Å². The SMILES string of the molecule is O=CO.c1ccc(CCC23CN(Cc4ccn[nH]4)CC2CN(c2cnccn2)C3)cc1. The van der Waals surface area contributed by atoms with Crippen LogP contribution in [0.1, 0.15) is 17.7 Å². The predicted octanol–water partition coefficient (Wildman–Crippen LogP) is 2.47. The Morgan fingerprint density at radius 1 is 1.13 bits per heavy atom. The summed E-state index contributed by atoms with van der Waals surface area (Å²) in [6.45, 7) is 5.08. The maximum absolute atomic E-state index is 8.36. The molecule has 5 rings (SSSR count). The Morgan fingerprint density at radius 2 is 1.97 bits per heavy atom. The van der Waals surface area contributed by atoms with Crippen LogP contribution < -0.4 is 4.90 Å². The highest BCUT2D eigenvalue weighted by Crippen LogP contribution is 2.47. The average Bonchev–Trinajstić information content (AvgIpc) is 3.50. The Bertz CT molecular complexity index is 937. The van der Waals surface area contributed by atoms with E-state index >= 15 is 0 Å². The number of aryl methyl sites for hydroxylation is 1. The van der Waals surface area contributed by atoms with E-state index in [1.807, 2.05) is 12.4 Å². The van der Waals surface area contributed by atoms with E-state index in [2.05, 4.69) is 66.4 Å². The molecule has 2 atom stereocenters. The maximum Gasteiger partial charge on any atom is 0.290 e. The Labute approximate surface area is 182 Å². The van der Waals surface area contributed by atoms with Crippen LogP contribution >= 0.6 is 0 Å². The van der Waals surface area contributed by atoms with E-state index in [1.54, 1.807) is 12.4 Å². The normalized spacial score (nSPS) is 22.6. The minimum atomic E-state index is -0.250. The molecule has 0 amide bonds. The van der Waals surface area contributed by atoms with Crippen LogP contribution in [0.3, 0.4) is 0 Å². The van der Waals surface area contributed by atoms with Gasteiger partial charge in [0.2, 0.25) is 0 Å². The topological polar surface area (TPSA) is 98.2 Å². The molecular formula is C23H28N6O2. The van der Waals surface area contributed by atoms with Gasteiger partial charge in [0, 0.05) is 62.4 Å². The largest absolute Gasteiger partial charge is 0.483 e. The highest BCUT2D eigenvalue weighted by atomic mass is 16.3. The summed E-state index contributed by atoms with van der Waals surface area (Å²) in [5, 5.41) is 14.1. The standard InChI is InChI=1S/C22H26N6.CH2O2/c1-2-4-18(5-3-1)6-8-22-16-27(15-20-7-9-25-26-20)13-19(22)14-28(17-22)21-12-23-10-11-24-21;2-1-3/h1-5,7,9-12,19H,6,8,13-17H2,(H,25,26);1H,(H,2,3). The molecule has 2 aliphatic rings. The van der Waals surface area contributed by atoms with Crippen molar-refractivity contribution in [2.24, 2.45) is 11.3 Å². The van der Waals surface area contributed by atoms with E-state index in [4.69, 9.17) is 9.90 Å². The number of benzene rings is 1. The monoisotopic (exact) mass is 420 g/mol. The number of hydrogen-bond donors (Lipinski definition) is 2. The number of likely N-dealkylation sites (tertiary alicyclic amines) is 1. The molecule has 0 aliphatic carbocycles. The highest BCUT2D eigenvalue weighted by Gasteiger charge is 2.52. The summed E-state index contributed by atoms with van der Waals surface area (Å²) in [4.78, 5) is 22.2. The van der Waals surface area contributed by atoms with Gasteiger partial charge in [-0.25, -0.2) is 4.98 Å². The van der Waals surface area contributed by atoms with Gasteiger partial charge >= 0.3 is 0 Å². The van der Waals surface area contributed by atoms with Gasteiger partial charge in [-0.1, -0.05) is 30.3 Å². The molecule has 0 spiro atoms. The number of carboxylic acid groups (broad SMARTS) is 1. The van der Waals surface area contributed by atoms with Crippen LogP contribution in [0.25, 0.3) is 0 Å². The molecule has 0 bridgehead atoms. The van der Waals surface area contributed by atoms with Gasteiger partial charge in [-0.3, -0.25) is 19.8 Å². The van der Waals surface area contributed by atoms with Crippen molar-refractivity contribution in [1.29, 1.82) is 0 Å². The zero-order valence-electron chi connectivity index (χ0n) is 17.5. The molecule has 1 aromatic carbocycles. The second kappa shape index (κ2) is 9.70. The molecule has 31 heavy (non-hydrogen) atoms. The number of nitrogens with one attached hydrogen (secondary N) is 1. The summed E-state index contributed by atoms with van der Waals surface area (Å²) in [5.74, 6) is 1.66. The quantitative estimate of drug-likeness (QED) is 0.591. The summed E-state index contributed by atoms with van der Waals surface area (Å²) in [5.41, 5.74) is 2.93. The number of hydrogen-bond acceptors (Lipinski definition) is 6. The van der Waals surface area contributed by atoms with Gasteiger partial charge in [0.15, 0.2) is 0 Å². The Kier molecular flexibility index (Phi) is 6.57. The van der Waals surface area contributed by atoms with Gasteiger partial charge < -0.3 is 10.0 Å². The van der Waals surface area contributed by atoms with Crippen molar-refractivity contribution in [3.05, 3.63) is 72.4 Å². The first-order valence-corrected chi connectivity index (χ1v) is 10.6. The Balaban J connectivity index is 0.000000730. The van der Waals surface area contributed by atoms with Crippen LogP contribution in [0, 0.1) is 11.3 Å². The number of rotatable bonds is 6. The van der Waals surface area contributed by atoms with Gasteiger partial charge in [-0.2, -0.15) is 5.10 Å². The van der Waals surface area contributed by atoms with Crippen LogP contribution in [-0.2, 0) is 17.8 Å². The van der Waals surface area contributed by atoms with E-state index < -0.39 is 0 Å². The summed E-state index contributed by atoms with van der Waals surface area (Å²) in [6, 6.07) is 13.0. The summed E-state index contributed by atoms with van der Waals surface area (Å²) in [6.07, 6.45) is 9.62. The van der Waals surface area contributed by atoms with Crippen molar-refractivity contribution < 1.29 is 9.90 Å². The molecular weight excluding hydrogens is 392 g/mol. The third kappa shape index (κ3) is 4.91. The lowest BCUT2D eigenvalue weighted by molar-refractivity contribution is -0.122. The van der Waals surface area contributed by atoms with Gasteiger partial charge in [0.25, 0.3) is 6.47 Å². The second-order valence-electron chi connectivity index (χ2n) is 8.35. The van der Waals surface area contributed by atoms with Gasteiger partial charge in [-0.05, 0) is 30.4 Å². The Morgan fingerprint density at radius 3 is 2.68 bits per heavy atom. The van der Waals surface area contributed by atoms with E-state index in [9.17, 15) is 0 Å². The summed E-state index contributed by atoms with van der Waals surface area (Å²) < 4.78 is 0. The van der Waals surface area contributed by atoms with Gasteiger partial charge in [0.05, 0.1) is 6.20 Å². The summed E-state index contributed by atoms with van der Waals surface area (Å²) >= 11 is 0. The number of carbonyl (C=O) groups is 1. The minimum absolute atomic E-state index is 0.250. The molecule has 8 heteroatoms. The Hall–Kier alpha value is -3.26. The predicted molar refractivity (Wildman–Crippen MR) is 117 cm³/mol. The lowest BCUT2D eigenvalue weighted by Crippen LogP contribution is -2.35. The molecule has 8 nitrogen and oxygen atoms in total. The third-order valence-electron chi connectivity index (χ3n) is 6.41. The highest BCUT2D eigenvalue weighted by molar-refractivity contribution is 5.39. The van der Waals surface area contributed by atoms with E-state index in [1.165, 1.54) is 17.7 Å². The lowest BCUT2D eigenvalue weighted by Gasteiger charge is -2.30. The molecule has 162 valence electrons. The minimum Gasteiger partial charge on any atom is -0.483 e. The zero-order valence-corrected chi connectivity index (χ0v) is 17.5.